The second kappa shape index (κ2) is 7.95. The summed E-state index contributed by atoms with van der Waals surface area (Å²) in [5.41, 5.74) is 2.50. The van der Waals surface area contributed by atoms with Gasteiger partial charge in [0.15, 0.2) is 0 Å². The molecule has 0 aliphatic carbocycles. The fourth-order valence-electron chi connectivity index (χ4n) is 3.19. The highest BCUT2D eigenvalue weighted by atomic mass is 32.1. The number of rotatable bonds is 5. The van der Waals surface area contributed by atoms with Gasteiger partial charge in [0, 0.05) is 50.1 Å². The molecule has 2 aromatic rings. The molecule has 0 bridgehead atoms. The number of hydrogen-bond acceptors (Lipinski definition) is 5. The van der Waals surface area contributed by atoms with Crippen LogP contribution in [0.15, 0.2) is 24.3 Å². The smallest absolute Gasteiger partial charge is 0.222 e. The van der Waals surface area contributed by atoms with Crippen molar-refractivity contribution in [1.82, 2.24) is 14.3 Å². The molecule has 134 valence electrons. The summed E-state index contributed by atoms with van der Waals surface area (Å²) < 4.78 is 4.53. The maximum atomic E-state index is 12.2. The van der Waals surface area contributed by atoms with Crippen molar-refractivity contribution in [1.29, 1.82) is 0 Å². The fraction of sp³-hybridized carbons (Fsp3) is 0.526. The average molecular weight is 359 g/mol. The van der Waals surface area contributed by atoms with Crippen LogP contribution in [0, 0.1) is 6.92 Å². The standard InChI is InChI=1S/C19H26N4OS/c1-4-5-18(24)23-11-10-22(13-15(23)3)19-20-17(21-25-19)12-16-8-6-14(2)7-9-16/h6-9,15H,4-5,10-13H2,1-3H3. The lowest BCUT2D eigenvalue weighted by atomic mass is 10.1. The zero-order chi connectivity index (χ0) is 17.8. The van der Waals surface area contributed by atoms with Crippen molar-refractivity contribution < 1.29 is 4.79 Å². The first-order valence-electron chi connectivity index (χ1n) is 8.99. The van der Waals surface area contributed by atoms with Gasteiger partial charge in [-0.05, 0) is 25.8 Å². The van der Waals surface area contributed by atoms with Crippen molar-refractivity contribution in [2.75, 3.05) is 24.5 Å². The molecule has 6 heteroatoms. The van der Waals surface area contributed by atoms with E-state index in [9.17, 15) is 4.79 Å². The first-order chi connectivity index (χ1) is 12.1. The molecule has 0 N–H and O–H groups in total. The van der Waals surface area contributed by atoms with Crippen LogP contribution in [0.2, 0.25) is 0 Å². The molecule has 1 aromatic heterocycles. The summed E-state index contributed by atoms with van der Waals surface area (Å²) in [6, 6.07) is 8.73. The predicted octanol–water partition coefficient (Wildman–Crippen LogP) is 3.27. The molecule has 1 fully saturated rings. The van der Waals surface area contributed by atoms with Crippen LogP contribution in [0.5, 0.6) is 0 Å². The van der Waals surface area contributed by atoms with E-state index < -0.39 is 0 Å². The van der Waals surface area contributed by atoms with Gasteiger partial charge in [0.1, 0.15) is 5.82 Å². The number of benzene rings is 1. The van der Waals surface area contributed by atoms with E-state index in [0.29, 0.717) is 6.42 Å². The molecule has 1 aliphatic heterocycles. The highest BCUT2D eigenvalue weighted by molar-refractivity contribution is 7.09. The maximum absolute atomic E-state index is 12.2. The number of amides is 1. The van der Waals surface area contributed by atoms with Crippen LogP contribution in [0.25, 0.3) is 0 Å². The second-order valence-electron chi connectivity index (χ2n) is 6.79. The van der Waals surface area contributed by atoms with Crippen molar-refractivity contribution in [3.63, 3.8) is 0 Å². The first-order valence-corrected chi connectivity index (χ1v) is 9.76. The maximum Gasteiger partial charge on any atom is 0.222 e. The van der Waals surface area contributed by atoms with E-state index in [1.165, 1.54) is 22.7 Å². The van der Waals surface area contributed by atoms with E-state index in [4.69, 9.17) is 4.98 Å². The van der Waals surface area contributed by atoms with E-state index in [1.807, 2.05) is 4.90 Å². The Morgan fingerprint density at radius 1 is 1.28 bits per heavy atom. The summed E-state index contributed by atoms with van der Waals surface area (Å²) in [6.45, 7) is 8.69. The van der Waals surface area contributed by atoms with Gasteiger partial charge >= 0.3 is 0 Å². The summed E-state index contributed by atoms with van der Waals surface area (Å²) >= 11 is 1.46. The second-order valence-corrected chi connectivity index (χ2v) is 7.52. The van der Waals surface area contributed by atoms with Crippen molar-refractivity contribution in [2.24, 2.45) is 0 Å². The van der Waals surface area contributed by atoms with Crippen molar-refractivity contribution >= 4 is 22.6 Å². The number of piperazine rings is 1. The molecule has 0 saturated carbocycles. The quantitative estimate of drug-likeness (QED) is 0.823. The monoisotopic (exact) mass is 358 g/mol. The SMILES string of the molecule is CCCC(=O)N1CCN(c2nc(Cc3ccc(C)cc3)ns2)CC1C. The molecule has 1 aromatic carbocycles. The van der Waals surface area contributed by atoms with Crippen molar-refractivity contribution in [3.05, 3.63) is 41.2 Å². The van der Waals surface area contributed by atoms with E-state index in [2.05, 4.69) is 54.3 Å². The van der Waals surface area contributed by atoms with Gasteiger partial charge in [-0.1, -0.05) is 36.8 Å². The molecule has 1 aliphatic rings. The molecule has 0 radical (unpaired) electrons. The number of aryl methyl sites for hydroxylation is 1. The summed E-state index contributed by atoms with van der Waals surface area (Å²) in [6.07, 6.45) is 2.32. The van der Waals surface area contributed by atoms with Crippen LogP contribution >= 0.6 is 11.5 Å². The Morgan fingerprint density at radius 3 is 2.72 bits per heavy atom. The largest absolute Gasteiger partial charge is 0.343 e. The van der Waals surface area contributed by atoms with Crippen LogP contribution in [0.3, 0.4) is 0 Å². The van der Waals surface area contributed by atoms with Gasteiger partial charge in [0.2, 0.25) is 11.0 Å². The fourth-order valence-corrected chi connectivity index (χ4v) is 3.91. The third kappa shape index (κ3) is 4.37. The van der Waals surface area contributed by atoms with Crippen LogP contribution in [0.4, 0.5) is 5.13 Å². The summed E-state index contributed by atoms with van der Waals surface area (Å²) in [7, 11) is 0. The van der Waals surface area contributed by atoms with Gasteiger partial charge in [-0.25, -0.2) is 4.98 Å². The van der Waals surface area contributed by atoms with Crippen molar-refractivity contribution in [3.8, 4) is 0 Å². The first kappa shape index (κ1) is 17.9. The molecular formula is C19H26N4OS. The van der Waals surface area contributed by atoms with Crippen LogP contribution in [0.1, 0.15) is 43.6 Å². The summed E-state index contributed by atoms with van der Waals surface area (Å²) in [5, 5.41) is 0.969. The number of anilines is 1. The third-order valence-corrected chi connectivity index (χ3v) is 5.44. The van der Waals surface area contributed by atoms with Gasteiger partial charge < -0.3 is 9.80 Å². The Labute approximate surface area is 153 Å². The number of aromatic nitrogens is 2. The summed E-state index contributed by atoms with van der Waals surface area (Å²) in [4.78, 5) is 21.2. The molecular weight excluding hydrogens is 332 g/mol. The predicted molar refractivity (Wildman–Crippen MR) is 102 cm³/mol. The lowest BCUT2D eigenvalue weighted by molar-refractivity contribution is -0.133. The third-order valence-electron chi connectivity index (χ3n) is 4.62. The van der Waals surface area contributed by atoms with Crippen LogP contribution < -0.4 is 4.90 Å². The van der Waals surface area contributed by atoms with Gasteiger partial charge in [-0.2, -0.15) is 4.37 Å². The van der Waals surface area contributed by atoms with E-state index >= 15 is 0 Å². The molecule has 3 rings (SSSR count). The Bertz CT molecular complexity index is 712. The number of carbonyl (C=O) groups excluding carboxylic acids is 1. The lowest BCUT2D eigenvalue weighted by Crippen LogP contribution is -2.54. The molecule has 1 atom stereocenters. The zero-order valence-corrected chi connectivity index (χ0v) is 16.1. The Morgan fingerprint density at radius 2 is 2.04 bits per heavy atom. The normalized spacial score (nSPS) is 17.8. The highest BCUT2D eigenvalue weighted by Crippen LogP contribution is 2.23. The van der Waals surface area contributed by atoms with Gasteiger partial charge in [0.05, 0.1) is 0 Å². The van der Waals surface area contributed by atoms with E-state index in [1.54, 1.807) is 0 Å². The van der Waals surface area contributed by atoms with Crippen molar-refractivity contribution in [2.45, 2.75) is 46.1 Å². The van der Waals surface area contributed by atoms with Crippen LogP contribution in [-0.4, -0.2) is 45.8 Å². The Kier molecular flexibility index (Phi) is 5.68. The molecule has 5 nitrogen and oxygen atoms in total. The zero-order valence-electron chi connectivity index (χ0n) is 15.2. The molecule has 1 unspecified atom stereocenters. The average Bonchev–Trinajstić information content (AvgIpc) is 3.05. The minimum absolute atomic E-state index is 0.220. The molecule has 2 heterocycles. The van der Waals surface area contributed by atoms with Gasteiger partial charge in [-0.15, -0.1) is 0 Å². The minimum Gasteiger partial charge on any atom is -0.343 e. The Hall–Kier alpha value is -1.95. The number of carbonyl (C=O) groups is 1. The molecule has 0 spiro atoms. The lowest BCUT2D eigenvalue weighted by Gasteiger charge is -2.39. The van der Waals surface area contributed by atoms with Gasteiger partial charge in [0.25, 0.3) is 0 Å². The summed E-state index contributed by atoms with van der Waals surface area (Å²) in [5.74, 6) is 1.15. The van der Waals surface area contributed by atoms with Crippen LogP contribution in [-0.2, 0) is 11.2 Å². The molecule has 1 saturated heterocycles. The van der Waals surface area contributed by atoms with Gasteiger partial charge in [-0.3, -0.25) is 4.79 Å². The Balaban J connectivity index is 1.61. The van der Waals surface area contributed by atoms with E-state index in [-0.39, 0.29) is 11.9 Å². The number of nitrogens with zero attached hydrogens (tertiary/aromatic N) is 4. The van der Waals surface area contributed by atoms with E-state index in [0.717, 1.165) is 43.4 Å². The number of hydrogen-bond donors (Lipinski definition) is 0. The molecule has 25 heavy (non-hydrogen) atoms. The topological polar surface area (TPSA) is 49.3 Å². The minimum atomic E-state index is 0.220. The highest BCUT2D eigenvalue weighted by Gasteiger charge is 2.28. The molecule has 1 amide bonds.